The van der Waals surface area contributed by atoms with Crippen molar-refractivity contribution in [3.8, 4) is 0 Å². The SMILES string of the molecule is CCNC(=NCC(Cc1ccc(F)cc1)C(N)=O)N(C)Cc1cn(C)nc1C(C)C. The topological polar surface area (TPSA) is 88.5 Å². The van der Waals surface area contributed by atoms with Crippen LogP contribution in [0.15, 0.2) is 35.5 Å². The van der Waals surface area contributed by atoms with Crippen LogP contribution in [0.1, 0.15) is 43.5 Å². The van der Waals surface area contributed by atoms with Crippen molar-refractivity contribution in [2.24, 2.45) is 23.7 Å². The van der Waals surface area contributed by atoms with Crippen molar-refractivity contribution in [2.45, 2.75) is 39.7 Å². The van der Waals surface area contributed by atoms with Crippen LogP contribution in [0, 0.1) is 11.7 Å². The van der Waals surface area contributed by atoms with E-state index in [9.17, 15) is 9.18 Å². The van der Waals surface area contributed by atoms with E-state index >= 15 is 0 Å². The second kappa shape index (κ2) is 10.8. The summed E-state index contributed by atoms with van der Waals surface area (Å²) >= 11 is 0. The number of nitrogens with zero attached hydrogens (tertiary/aromatic N) is 4. The van der Waals surface area contributed by atoms with E-state index < -0.39 is 11.8 Å². The molecule has 0 fully saturated rings. The van der Waals surface area contributed by atoms with Gasteiger partial charge in [0.25, 0.3) is 0 Å². The van der Waals surface area contributed by atoms with Crippen molar-refractivity contribution < 1.29 is 9.18 Å². The van der Waals surface area contributed by atoms with Crippen LogP contribution in [-0.2, 0) is 24.8 Å². The number of primary amides is 1. The monoisotopic (exact) mass is 416 g/mol. The first kappa shape index (κ1) is 23.4. The van der Waals surface area contributed by atoms with Gasteiger partial charge in [0.2, 0.25) is 5.91 Å². The van der Waals surface area contributed by atoms with E-state index in [1.54, 1.807) is 12.1 Å². The summed E-state index contributed by atoms with van der Waals surface area (Å²) in [7, 11) is 3.87. The molecular formula is C22H33FN6O. The van der Waals surface area contributed by atoms with Crippen LogP contribution in [0.2, 0.25) is 0 Å². The third-order valence-electron chi connectivity index (χ3n) is 4.85. The lowest BCUT2D eigenvalue weighted by Gasteiger charge is -2.23. The lowest BCUT2D eigenvalue weighted by Crippen LogP contribution is -2.39. The Kier molecular flexibility index (Phi) is 8.38. The smallest absolute Gasteiger partial charge is 0.222 e. The largest absolute Gasteiger partial charge is 0.369 e. The second-order valence-corrected chi connectivity index (χ2v) is 7.85. The van der Waals surface area contributed by atoms with Crippen LogP contribution in [0.25, 0.3) is 0 Å². The Morgan fingerprint density at radius 1 is 1.33 bits per heavy atom. The predicted molar refractivity (Wildman–Crippen MR) is 118 cm³/mol. The fourth-order valence-corrected chi connectivity index (χ4v) is 3.32. The Morgan fingerprint density at radius 2 is 2.00 bits per heavy atom. The van der Waals surface area contributed by atoms with Crippen molar-refractivity contribution in [1.29, 1.82) is 0 Å². The summed E-state index contributed by atoms with van der Waals surface area (Å²) in [5.41, 5.74) is 8.65. The van der Waals surface area contributed by atoms with Crippen LogP contribution in [0.3, 0.4) is 0 Å². The number of benzene rings is 1. The van der Waals surface area contributed by atoms with Crippen LogP contribution in [0.4, 0.5) is 4.39 Å². The molecule has 3 N–H and O–H groups in total. The van der Waals surface area contributed by atoms with Gasteiger partial charge in [-0.15, -0.1) is 0 Å². The number of carbonyl (C=O) groups is 1. The van der Waals surface area contributed by atoms with E-state index in [2.05, 4.69) is 29.3 Å². The van der Waals surface area contributed by atoms with E-state index in [1.165, 1.54) is 12.1 Å². The Hall–Kier alpha value is -2.90. The molecule has 30 heavy (non-hydrogen) atoms. The van der Waals surface area contributed by atoms with Gasteiger partial charge in [0, 0.05) is 38.9 Å². The van der Waals surface area contributed by atoms with Crippen molar-refractivity contribution >= 4 is 11.9 Å². The molecule has 1 aromatic heterocycles. The molecule has 1 amide bonds. The fraction of sp³-hybridized carbons (Fsp3) is 0.500. The maximum absolute atomic E-state index is 13.1. The maximum Gasteiger partial charge on any atom is 0.222 e. The zero-order chi connectivity index (χ0) is 22.3. The number of carbonyl (C=O) groups excluding carboxylic acids is 1. The highest BCUT2D eigenvalue weighted by Crippen LogP contribution is 2.18. The normalized spacial score (nSPS) is 12.8. The number of hydrogen-bond acceptors (Lipinski definition) is 3. The molecule has 1 heterocycles. The summed E-state index contributed by atoms with van der Waals surface area (Å²) < 4.78 is 15.0. The molecule has 0 aliphatic heterocycles. The van der Waals surface area contributed by atoms with Crippen molar-refractivity contribution in [2.75, 3.05) is 20.1 Å². The Bertz CT molecular complexity index is 859. The molecule has 0 bridgehead atoms. The molecule has 0 radical (unpaired) electrons. The van der Waals surface area contributed by atoms with Gasteiger partial charge in [0.1, 0.15) is 5.82 Å². The van der Waals surface area contributed by atoms with Gasteiger partial charge in [0.05, 0.1) is 18.2 Å². The fourth-order valence-electron chi connectivity index (χ4n) is 3.32. The molecule has 0 aliphatic carbocycles. The third-order valence-corrected chi connectivity index (χ3v) is 4.85. The Labute approximate surface area is 178 Å². The molecule has 0 saturated carbocycles. The Balaban J connectivity index is 2.14. The van der Waals surface area contributed by atoms with Gasteiger partial charge in [-0.25, -0.2) is 4.39 Å². The summed E-state index contributed by atoms with van der Waals surface area (Å²) in [5, 5.41) is 7.83. The molecule has 1 unspecified atom stereocenters. The lowest BCUT2D eigenvalue weighted by molar-refractivity contribution is -0.121. The van der Waals surface area contributed by atoms with E-state index in [-0.39, 0.29) is 12.4 Å². The molecule has 1 aromatic carbocycles. The number of halogens is 1. The van der Waals surface area contributed by atoms with Crippen molar-refractivity contribution in [3.63, 3.8) is 0 Å². The number of nitrogens with one attached hydrogen (secondary N) is 1. The first-order valence-corrected chi connectivity index (χ1v) is 10.3. The zero-order valence-electron chi connectivity index (χ0n) is 18.5. The van der Waals surface area contributed by atoms with Gasteiger partial charge < -0.3 is 16.0 Å². The van der Waals surface area contributed by atoms with Crippen LogP contribution in [-0.4, -0.2) is 46.7 Å². The number of aliphatic imine (C=N–C) groups is 1. The highest BCUT2D eigenvalue weighted by atomic mass is 19.1. The summed E-state index contributed by atoms with van der Waals surface area (Å²) in [6.07, 6.45) is 2.44. The van der Waals surface area contributed by atoms with E-state index in [1.807, 2.05) is 36.8 Å². The van der Waals surface area contributed by atoms with Crippen LogP contribution in [0.5, 0.6) is 0 Å². The average molecular weight is 417 g/mol. The van der Waals surface area contributed by atoms with Gasteiger partial charge in [-0.1, -0.05) is 26.0 Å². The molecule has 8 heteroatoms. The van der Waals surface area contributed by atoms with Gasteiger partial charge in [0.15, 0.2) is 5.96 Å². The highest BCUT2D eigenvalue weighted by Gasteiger charge is 2.18. The second-order valence-electron chi connectivity index (χ2n) is 7.85. The number of aryl methyl sites for hydroxylation is 1. The minimum absolute atomic E-state index is 0.253. The number of amides is 1. The van der Waals surface area contributed by atoms with E-state index in [0.29, 0.717) is 31.4 Å². The molecule has 1 atom stereocenters. The summed E-state index contributed by atoms with van der Waals surface area (Å²) in [6.45, 7) is 7.84. The average Bonchev–Trinajstić information content (AvgIpc) is 3.05. The van der Waals surface area contributed by atoms with E-state index in [4.69, 9.17) is 5.73 Å². The first-order valence-electron chi connectivity index (χ1n) is 10.3. The van der Waals surface area contributed by atoms with E-state index in [0.717, 1.165) is 16.8 Å². The minimum atomic E-state index is -0.470. The number of hydrogen-bond donors (Lipinski definition) is 2. The molecule has 0 saturated heterocycles. The number of guanidine groups is 1. The van der Waals surface area contributed by atoms with Crippen molar-refractivity contribution in [1.82, 2.24) is 20.0 Å². The molecule has 0 aliphatic rings. The quantitative estimate of drug-likeness (QED) is 0.485. The maximum atomic E-state index is 13.1. The number of nitrogens with two attached hydrogens (primary N) is 1. The van der Waals surface area contributed by atoms with Gasteiger partial charge in [-0.3, -0.25) is 14.5 Å². The molecule has 7 nitrogen and oxygen atoms in total. The summed E-state index contributed by atoms with van der Waals surface area (Å²) in [5.74, 6) is -0.178. The molecule has 0 spiro atoms. The summed E-state index contributed by atoms with van der Waals surface area (Å²) in [6, 6.07) is 6.10. The molecule has 2 rings (SSSR count). The van der Waals surface area contributed by atoms with Crippen LogP contribution >= 0.6 is 0 Å². The zero-order valence-corrected chi connectivity index (χ0v) is 18.5. The van der Waals surface area contributed by atoms with Crippen LogP contribution < -0.4 is 11.1 Å². The molecule has 164 valence electrons. The van der Waals surface area contributed by atoms with Gasteiger partial charge in [-0.2, -0.15) is 5.10 Å². The van der Waals surface area contributed by atoms with Gasteiger partial charge >= 0.3 is 0 Å². The lowest BCUT2D eigenvalue weighted by atomic mass is 9.99. The third kappa shape index (κ3) is 6.57. The Morgan fingerprint density at radius 3 is 2.57 bits per heavy atom. The van der Waals surface area contributed by atoms with Gasteiger partial charge in [-0.05, 0) is 37.0 Å². The predicted octanol–water partition coefficient (Wildman–Crippen LogP) is 2.42. The minimum Gasteiger partial charge on any atom is -0.369 e. The number of rotatable bonds is 9. The first-order chi connectivity index (χ1) is 14.2. The highest BCUT2D eigenvalue weighted by molar-refractivity contribution is 5.81. The standard InChI is InChI=1S/C22H33FN6O/c1-6-25-22(28(4)13-18-14-29(5)27-20(18)15(2)3)26-12-17(21(24)30)11-16-7-9-19(23)10-8-16/h7-10,14-15,17H,6,11-13H2,1-5H3,(H2,24,30)(H,25,26). The number of aromatic nitrogens is 2. The molecular weight excluding hydrogens is 383 g/mol. The van der Waals surface area contributed by atoms with Crippen molar-refractivity contribution in [3.05, 3.63) is 53.1 Å². The molecule has 2 aromatic rings. The summed E-state index contributed by atoms with van der Waals surface area (Å²) in [4.78, 5) is 18.6.